The molecule has 2 N–H and O–H groups in total. The summed E-state index contributed by atoms with van der Waals surface area (Å²) >= 11 is 5.25. The van der Waals surface area contributed by atoms with Crippen LogP contribution in [0.2, 0.25) is 0 Å². The van der Waals surface area contributed by atoms with E-state index in [1.54, 1.807) is 0 Å². The van der Waals surface area contributed by atoms with E-state index in [4.69, 9.17) is 12.2 Å². The normalized spacial score (nSPS) is 33.4. The molecule has 2 bridgehead atoms. The summed E-state index contributed by atoms with van der Waals surface area (Å²) in [5, 5.41) is 7.32. The molecule has 0 aromatic rings. The van der Waals surface area contributed by atoms with Gasteiger partial charge < -0.3 is 10.6 Å². The Morgan fingerprint density at radius 1 is 1.50 bits per heavy atom. The van der Waals surface area contributed by atoms with Gasteiger partial charge in [0.15, 0.2) is 5.11 Å². The summed E-state index contributed by atoms with van der Waals surface area (Å²) in [6.45, 7) is 6.69. The third kappa shape index (κ3) is 2.57. The predicted octanol–water partition coefficient (Wildman–Crippen LogP) is 2.46. The van der Waals surface area contributed by atoms with Gasteiger partial charge in [-0.2, -0.15) is 0 Å². The zero-order valence-electron chi connectivity index (χ0n) is 10.0. The van der Waals surface area contributed by atoms with Crippen LogP contribution in [-0.2, 0) is 0 Å². The molecule has 0 saturated heterocycles. The molecule has 16 heavy (non-hydrogen) atoms. The Bertz CT molecular complexity index is 277. The highest BCUT2D eigenvalue weighted by Gasteiger charge is 2.41. The zero-order chi connectivity index (χ0) is 11.5. The van der Waals surface area contributed by atoms with E-state index in [0.29, 0.717) is 6.04 Å². The fourth-order valence-electron chi connectivity index (χ4n) is 3.44. The molecule has 2 nitrogen and oxygen atoms in total. The first-order chi connectivity index (χ1) is 7.70. The third-order valence-corrected chi connectivity index (χ3v) is 4.46. The molecule has 2 aliphatic carbocycles. The number of rotatable bonds is 4. The molecular weight excluding hydrogens is 216 g/mol. The van der Waals surface area contributed by atoms with Crippen LogP contribution in [0, 0.1) is 17.8 Å². The van der Waals surface area contributed by atoms with Gasteiger partial charge >= 0.3 is 0 Å². The highest BCUT2D eigenvalue weighted by molar-refractivity contribution is 7.80. The maximum absolute atomic E-state index is 5.25. The molecule has 0 aliphatic heterocycles. The van der Waals surface area contributed by atoms with Crippen LogP contribution in [0.3, 0.4) is 0 Å². The third-order valence-electron chi connectivity index (χ3n) is 4.20. The molecular formula is C13H22N2S. The quantitative estimate of drug-likeness (QED) is 0.581. The van der Waals surface area contributed by atoms with Crippen LogP contribution in [0.4, 0.5) is 0 Å². The van der Waals surface area contributed by atoms with Crippen molar-refractivity contribution in [1.29, 1.82) is 0 Å². The van der Waals surface area contributed by atoms with Gasteiger partial charge in [0.25, 0.3) is 0 Å². The van der Waals surface area contributed by atoms with Gasteiger partial charge in [-0.3, -0.25) is 0 Å². The fraction of sp³-hybridized carbons (Fsp3) is 0.769. The Morgan fingerprint density at radius 3 is 2.88 bits per heavy atom. The minimum absolute atomic E-state index is 0.514. The van der Waals surface area contributed by atoms with Crippen molar-refractivity contribution in [2.75, 3.05) is 6.54 Å². The Kier molecular flexibility index (Phi) is 3.85. The predicted molar refractivity (Wildman–Crippen MR) is 72.3 cm³/mol. The Hall–Kier alpha value is -0.570. The Labute approximate surface area is 104 Å². The number of hydrogen-bond acceptors (Lipinski definition) is 1. The van der Waals surface area contributed by atoms with Crippen LogP contribution in [0.1, 0.15) is 32.6 Å². The van der Waals surface area contributed by atoms with Crippen LogP contribution in [0.25, 0.3) is 0 Å². The lowest BCUT2D eigenvalue weighted by Gasteiger charge is -2.29. The van der Waals surface area contributed by atoms with E-state index in [9.17, 15) is 0 Å². The average molecular weight is 238 g/mol. The van der Waals surface area contributed by atoms with E-state index in [-0.39, 0.29) is 0 Å². The van der Waals surface area contributed by atoms with E-state index in [2.05, 4.69) is 24.1 Å². The van der Waals surface area contributed by atoms with Crippen molar-refractivity contribution in [1.82, 2.24) is 10.6 Å². The van der Waals surface area contributed by atoms with Crippen LogP contribution in [-0.4, -0.2) is 17.7 Å². The number of thiocarbonyl (C=S) groups is 1. The Morgan fingerprint density at radius 2 is 2.31 bits per heavy atom. The van der Waals surface area contributed by atoms with Gasteiger partial charge in [-0.15, -0.1) is 6.58 Å². The van der Waals surface area contributed by atoms with Gasteiger partial charge in [-0.25, -0.2) is 0 Å². The first-order valence-electron chi connectivity index (χ1n) is 6.36. The molecule has 3 heteroatoms. The van der Waals surface area contributed by atoms with E-state index in [1.165, 1.54) is 25.7 Å². The summed E-state index contributed by atoms with van der Waals surface area (Å²) in [5.74, 6) is 2.80. The largest absolute Gasteiger partial charge is 0.360 e. The Balaban J connectivity index is 1.77. The summed E-state index contributed by atoms with van der Waals surface area (Å²) in [6.07, 6.45) is 7.60. The standard InChI is InChI=1S/C13H22N2S/c1-3-6-14-13(16)15-9(2)12-8-10-4-5-11(12)7-10/h3,9-12H,1,4-8H2,2H3,(H2,14,15,16). The lowest BCUT2D eigenvalue weighted by Crippen LogP contribution is -2.45. The van der Waals surface area contributed by atoms with Crippen molar-refractivity contribution in [3.63, 3.8) is 0 Å². The van der Waals surface area contributed by atoms with Gasteiger partial charge in [0.1, 0.15) is 0 Å². The summed E-state index contributed by atoms with van der Waals surface area (Å²) in [7, 11) is 0. The van der Waals surface area contributed by atoms with Crippen molar-refractivity contribution in [3.8, 4) is 0 Å². The van der Waals surface area contributed by atoms with Gasteiger partial charge in [-0.05, 0) is 56.2 Å². The number of nitrogens with one attached hydrogen (secondary N) is 2. The van der Waals surface area contributed by atoms with E-state index >= 15 is 0 Å². The summed E-state index contributed by atoms with van der Waals surface area (Å²) in [5.41, 5.74) is 0. The molecule has 2 saturated carbocycles. The minimum Gasteiger partial charge on any atom is -0.360 e. The second-order valence-corrected chi connectivity index (χ2v) is 5.68. The maximum Gasteiger partial charge on any atom is 0.166 e. The molecule has 2 fully saturated rings. The van der Waals surface area contributed by atoms with Crippen LogP contribution >= 0.6 is 12.2 Å². The lowest BCUT2D eigenvalue weighted by atomic mass is 9.84. The fourth-order valence-corrected chi connectivity index (χ4v) is 3.71. The van der Waals surface area contributed by atoms with Crippen molar-refractivity contribution in [2.24, 2.45) is 17.8 Å². The van der Waals surface area contributed by atoms with Crippen molar-refractivity contribution >= 4 is 17.3 Å². The van der Waals surface area contributed by atoms with E-state index < -0.39 is 0 Å². The SMILES string of the molecule is C=CCNC(=S)NC(C)C1CC2CCC1C2. The zero-order valence-corrected chi connectivity index (χ0v) is 10.9. The second-order valence-electron chi connectivity index (χ2n) is 5.27. The van der Waals surface area contributed by atoms with Gasteiger partial charge in [0.2, 0.25) is 0 Å². The molecule has 0 aromatic heterocycles. The van der Waals surface area contributed by atoms with Crippen molar-refractivity contribution in [2.45, 2.75) is 38.6 Å². The topological polar surface area (TPSA) is 24.1 Å². The van der Waals surface area contributed by atoms with Crippen molar-refractivity contribution < 1.29 is 0 Å². The highest BCUT2D eigenvalue weighted by atomic mass is 32.1. The molecule has 2 aliphatic rings. The second kappa shape index (κ2) is 5.17. The smallest absolute Gasteiger partial charge is 0.166 e. The van der Waals surface area contributed by atoms with Crippen LogP contribution < -0.4 is 10.6 Å². The summed E-state index contributed by atoms with van der Waals surface area (Å²) in [4.78, 5) is 0. The first-order valence-corrected chi connectivity index (χ1v) is 6.76. The van der Waals surface area contributed by atoms with Crippen molar-refractivity contribution in [3.05, 3.63) is 12.7 Å². The molecule has 0 amide bonds. The van der Waals surface area contributed by atoms with E-state index in [1.807, 2.05) is 6.08 Å². The van der Waals surface area contributed by atoms with Crippen LogP contribution in [0.15, 0.2) is 12.7 Å². The van der Waals surface area contributed by atoms with Gasteiger partial charge in [-0.1, -0.05) is 12.5 Å². The summed E-state index contributed by atoms with van der Waals surface area (Å²) in [6, 6.07) is 0.514. The lowest BCUT2D eigenvalue weighted by molar-refractivity contribution is 0.278. The molecule has 0 heterocycles. The highest BCUT2D eigenvalue weighted by Crippen LogP contribution is 2.49. The number of fused-ring (bicyclic) bond motifs is 2. The van der Waals surface area contributed by atoms with Crippen LogP contribution in [0.5, 0.6) is 0 Å². The maximum atomic E-state index is 5.25. The van der Waals surface area contributed by atoms with Gasteiger partial charge in [0, 0.05) is 12.6 Å². The average Bonchev–Trinajstić information content (AvgIpc) is 2.87. The van der Waals surface area contributed by atoms with Gasteiger partial charge in [0.05, 0.1) is 0 Å². The molecule has 2 rings (SSSR count). The molecule has 0 aromatic carbocycles. The monoisotopic (exact) mass is 238 g/mol. The number of hydrogen-bond donors (Lipinski definition) is 2. The molecule has 90 valence electrons. The summed E-state index contributed by atoms with van der Waals surface area (Å²) < 4.78 is 0. The van der Waals surface area contributed by atoms with E-state index in [0.717, 1.165) is 29.4 Å². The first kappa shape index (κ1) is 11.9. The molecule has 4 atom stereocenters. The minimum atomic E-state index is 0.514. The molecule has 0 spiro atoms. The molecule has 4 unspecified atom stereocenters. The molecule has 0 radical (unpaired) electrons.